The lowest BCUT2D eigenvalue weighted by Crippen LogP contribution is -2.35. The molecule has 1 nitrogen and oxygen atoms in total. The van der Waals surface area contributed by atoms with Crippen molar-refractivity contribution in [2.45, 2.75) is 45.6 Å². The van der Waals surface area contributed by atoms with E-state index in [9.17, 15) is 5.11 Å². The molecule has 2 aromatic carbocycles. The Hall–Kier alpha value is -1.60. The van der Waals surface area contributed by atoms with Gasteiger partial charge in [-0.15, -0.1) is 0 Å². The van der Waals surface area contributed by atoms with E-state index in [1.165, 1.54) is 22.3 Å². The first-order valence-corrected chi connectivity index (χ1v) is 7.21. The number of benzene rings is 2. The molecule has 0 aliphatic carbocycles. The van der Waals surface area contributed by atoms with Crippen LogP contribution < -0.4 is 0 Å². The summed E-state index contributed by atoms with van der Waals surface area (Å²) in [5.41, 5.74) is 4.71. The minimum atomic E-state index is -0.396. The first-order chi connectivity index (χ1) is 9.41. The van der Waals surface area contributed by atoms with Crippen LogP contribution in [0.5, 0.6) is 0 Å². The van der Waals surface area contributed by atoms with Crippen LogP contribution in [0, 0.1) is 13.8 Å². The largest absolute Gasteiger partial charge is 0.392 e. The van der Waals surface area contributed by atoms with Crippen molar-refractivity contribution in [3.8, 4) is 0 Å². The van der Waals surface area contributed by atoms with Crippen molar-refractivity contribution in [3.05, 3.63) is 70.8 Å². The predicted octanol–water partition coefficient (Wildman–Crippen LogP) is 4.18. The van der Waals surface area contributed by atoms with Gasteiger partial charge in [-0.2, -0.15) is 0 Å². The molecule has 106 valence electrons. The van der Waals surface area contributed by atoms with Crippen molar-refractivity contribution in [1.82, 2.24) is 0 Å². The lowest BCUT2D eigenvalue weighted by atomic mass is 9.77. The minimum absolute atomic E-state index is 0.250. The number of aryl methyl sites for hydroxylation is 2. The standard InChI is InChI=1S/C19H24O/c1-14-10-11-16(12-15(14)2)13-18(20)19(3,4)17-8-6-5-7-9-17/h5-12,18,20H,13H2,1-4H3. The topological polar surface area (TPSA) is 20.2 Å². The molecule has 1 heteroatoms. The van der Waals surface area contributed by atoms with Crippen LogP contribution >= 0.6 is 0 Å². The molecule has 0 heterocycles. The van der Waals surface area contributed by atoms with E-state index in [0.29, 0.717) is 6.42 Å². The van der Waals surface area contributed by atoms with Crippen LogP contribution in [0.1, 0.15) is 36.1 Å². The van der Waals surface area contributed by atoms with Gasteiger partial charge in [0.15, 0.2) is 0 Å². The maximum atomic E-state index is 10.6. The first-order valence-electron chi connectivity index (χ1n) is 7.21. The molecule has 0 saturated carbocycles. The number of hydrogen-bond donors (Lipinski definition) is 1. The number of hydrogen-bond acceptors (Lipinski definition) is 1. The second-order valence-corrected chi connectivity index (χ2v) is 6.23. The normalized spacial score (nSPS) is 13.2. The van der Waals surface area contributed by atoms with Gasteiger partial charge in [0.05, 0.1) is 6.10 Å². The zero-order valence-corrected chi connectivity index (χ0v) is 12.9. The first kappa shape index (κ1) is 14.8. The fourth-order valence-corrected chi connectivity index (χ4v) is 2.47. The van der Waals surface area contributed by atoms with E-state index in [0.717, 1.165) is 0 Å². The van der Waals surface area contributed by atoms with E-state index in [1.807, 2.05) is 18.2 Å². The lowest BCUT2D eigenvalue weighted by molar-refractivity contribution is 0.1000. The van der Waals surface area contributed by atoms with Crippen molar-refractivity contribution >= 4 is 0 Å². The maximum Gasteiger partial charge on any atom is 0.0671 e. The summed E-state index contributed by atoms with van der Waals surface area (Å²) in [6.07, 6.45) is 0.287. The van der Waals surface area contributed by atoms with E-state index < -0.39 is 6.10 Å². The quantitative estimate of drug-likeness (QED) is 0.881. The average Bonchev–Trinajstić information content (AvgIpc) is 2.44. The molecule has 0 aliphatic rings. The molecule has 2 rings (SSSR count). The minimum Gasteiger partial charge on any atom is -0.392 e. The highest BCUT2D eigenvalue weighted by Gasteiger charge is 2.29. The molecule has 20 heavy (non-hydrogen) atoms. The van der Waals surface area contributed by atoms with Gasteiger partial charge in [-0.3, -0.25) is 0 Å². The van der Waals surface area contributed by atoms with Crippen LogP contribution in [0.15, 0.2) is 48.5 Å². The van der Waals surface area contributed by atoms with Gasteiger partial charge < -0.3 is 5.11 Å². The summed E-state index contributed by atoms with van der Waals surface area (Å²) in [5.74, 6) is 0. The summed E-state index contributed by atoms with van der Waals surface area (Å²) >= 11 is 0. The highest BCUT2D eigenvalue weighted by Crippen LogP contribution is 2.29. The van der Waals surface area contributed by atoms with Gasteiger partial charge >= 0.3 is 0 Å². The molecule has 0 radical (unpaired) electrons. The Morgan fingerprint density at radius 2 is 1.60 bits per heavy atom. The summed E-state index contributed by atoms with van der Waals surface area (Å²) in [6.45, 7) is 8.44. The summed E-state index contributed by atoms with van der Waals surface area (Å²) in [7, 11) is 0. The molecule has 2 aromatic rings. The van der Waals surface area contributed by atoms with E-state index in [2.05, 4.69) is 58.0 Å². The fourth-order valence-electron chi connectivity index (χ4n) is 2.47. The van der Waals surface area contributed by atoms with E-state index in [-0.39, 0.29) is 5.41 Å². The molecule has 0 aliphatic heterocycles. The zero-order valence-electron chi connectivity index (χ0n) is 12.9. The van der Waals surface area contributed by atoms with Crippen molar-refractivity contribution in [2.75, 3.05) is 0 Å². The van der Waals surface area contributed by atoms with Gasteiger partial charge in [0.1, 0.15) is 0 Å². The van der Waals surface area contributed by atoms with E-state index in [4.69, 9.17) is 0 Å². The maximum absolute atomic E-state index is 10.6. The molecular formula is C19H24O. The van der Waals surface area contributed by atoms with E-state index >= 15 is 0 Å². The second kappa shape index (κ2) is 5.80. The molecule has 0 aromatic heterocycles. The second-order valence-electron chi connectivity index (χ2n) is 6.23. The van der Waals surface area contributed by atoms with Crippen LogP contribution in [0.2, 0.25) is 0 Å². The molecule has 1 N–H and O–H groups in total. The summed E-state index contributed by atoms with van der Waals surface area (Å²) in [5, 5.41) is 10.6. The Labute approximate surface area is 122 Å². The molecule has 0 spiro atoms. The van der Waals surface area contributed by atoms with Crippen LogP contribution in [0.4, 0.5) is 0 Å². The van der Waals surface area contributed by atoms with Gasteiger partial charge in [0.25, 0.3) is 0 Å². The van der Waals surface area contributed by atoms with Crippen molar-refractivity contribution in [3.63, 3.8) is 0 Å². The van der Waals surface area contributed by atoms with Crippen LogP contribution in [0.25, 0.3) is 0 Å². The molecular weight excluding hydrogens is 244 g/mol. The molecule has 0 amide bonds. The zero-order chi connectivity index (χ0) is 14.8. The van der Waals surface area contributed by atoms with Crippen molar-refractivity contribution in [1.29, 1.82) is 0 Å². The third-order valence-electron chi connectivity index (χ3n) is 4.35. The summed E-state index contributed by atoms with van der Waals surface area (Å²) in [6, 6.07) is 16.7. The molecule has 1 atom stereocenters. The fraction of sp³-hybridized carbons (Fsp3) is 0.368. The summed E-state index contributed by atoms with van der Waals surface area (Å²) in [4.78, 5) is 0. The molecule has 0 bridgehead atoms. The Bertz CT molecular complexity index is 570. The van der Waals surface area contributed by atoms with Gasteiger partial charge in [0.2, 0.25) is 0 Å². The van der Waals surface area contributed by atoms with E-state index in [1.54, 1.807) is 0 Å². The Morgan fingerprint density at radius 3 is 2.20 bits per heavy atom. The third kappa shape index (κ3) is 3.10. The summed E-state index contributed by atoms with van der Waals surface area (Å²) < 4.78 is 0. The van der Waals surface area contributed by atoms with Gasteiger partial charge in [-0.25, -0.2) is 0 Å². The van der Waals surface area contributed by atoms with Gasteiger partial charge in [-0.1, -0.05) is 62.4 Å². The van der Waals surface area contributed by atoms with Gasteiger partial charge in [0, 0.05) is 5.41 Å². The smallest absolute Gasteiger partial charge is 0.0671 e. The highest BCUT2D eigenvalue weighted by atomic mass is 16.3. The van der Waals surface area contributed by atoms with Crippen LogP contribution in [-0.4, -0.2) is 11.2 Å². The van der Waals surface area contributed by atoms with Crippen LogP contribution in [-0.2, 0) is 11.8 Å². The number of aliphatic hydroxyl groups excluding tert-OH is 1. The Morgan fingerprint density at radius 1 is 0.950 bits per heavy atom. The highest BCUT2D eigenvalue weighted by molar-refractivity contribution is 5.32. The Balaban J connectivity index is 2.18. The lowest BCUT2D eigenvalue weighted by Gasteiger charge is -2.31. The molecule has 0 fully saturated rings. The SMILES string of the molecule is Cc1ccc(CC(O)C(C)(C)c2ccccc2)cc1C. The number of rotatable bonds is 4. The monoisotopic (exact) mass is 268 g/mol. The average molecular weight is 268 g/mol. The van der Waals surface area contributed by atoms with Crippen LogP contribution in [0.3, 0.4) is 0 Å². The van der Waals surface area contributed by atoms with Crippen molar-refractivity contribution < 1.29 is 5.11 Å². The predicted molar refractivity (Wildman–Crippen MR) is 85.1 cm³/mol. The molecule has 0 saturated heterocycles. The third-order valence-corrected chi connectivity index (χ3v) is 4.35. The Kier molecular flexibility index (Phi) is 4.29. The number of aliphatic hydroxyl groups is 1. The van der Waals surface area contributed by atoms with Gasteiger partial charge in [-0.05, 0) is 42.5 Å². The molecule has 1 unspecified atom stereocenters. The van der Waals surface area contributed by atoms with Crippen molar-refractivity contribution in [2.24, 2.45) is 0 Å².